The van der Waals surface area contributed by atoms with Crippen molar-refractivity contribution in [3.8, 4) is 11.8 Å². The van der Waals surface area contributed by atoms with E-state index in [1.54, 1.807) is 24.3 Å². The van der Waals surface area contributed by atoms with Gasteiger partial charge in [-0.25, -0.2) is 9.59 Å². The highest BCUT2D eigenvalue weighted by atomic mass is 16.7. The maximum Gasteiger partial charge on any atom is 0.336 e. The van der Waals surface area contributed by atoms with Crippen LogP contribution in [0.5, 0.6) is 0 Å². The van der Waals surface area contributed by atoms with Gasteiger partial charge in [-0.3, -0.25) is 0 Å². The minimum absolute atomic E-state index is 0.541. The average Bonchev–Trinajstić information content (AvgIpc) is 3.35. The number of aryl methyl sites for hydroxylation is 1. The molecule has 0 spiro atoms. The van der Waals surface area contributed by atoms with Crippen LogP contribution in [0.2, 0.25) is 0 Å². The standard InChI is InChI=1S/C30H34O6/c1-2-3-20-4-6-21(7-5-20)8-9-22-10-12-23(13-11-22)14-15-24-16-18-25(19-17-24)30-35-26(28(31)32)27(36-30)29(33)34/h10-13,16-21,26-27,30H,2-9H2,1H3,(H,31,32)(H,33,34)/t20-,21-,26-,27-/m1/s1. The molecule has 1 saturated carbocycles. The lowest BCUT2D eigenvalue weighted by atomic mass is 9.78. The number of benzene rings is 2. The minimum Gasteiger partial charge on any atom is -0.479 e. The number of hydrogen-bond donors (Lipinski definition) is 2. The van der Waals surface area contributed by atoms with Gasteiger partial charge in [0.2, 0.25) is 0 Å². The molecule has 0 bridgehead atoms. The van der Waals surface area contributed by atoms with Crippen LogP contribution >= 0.6 is 0 Å². The topological polar surface area (TPSA) is 93.1 Å². The van der Waals surface area contributed by atoms with Crippen LogP contribution in [0.15, 0.2) is 48.5 Å². The van der Waals surface area contributed by atoms with Gasteiger partial charge in [0.1, 0.15) is 0 Å². The van der Waals surface area contributed by atoms with Crippen LogP contribution in [0.25, 0.3) is 0 Å². The van der Waals surface area contributed by atoms with Gasteiger partial charge in [-0.15, -0.1) is 0 Å². The summed E-state index contributed by atoms with van der Waals surface area (Å²) in [6.07, 6.45) is 6.52. The Labute approximate surface area is 212 Å². The summed E-state index contributed by atoms with van der Waals surface area (Å²) in [7, 11) is 0. The zero-order chi connectivity index (χ0) is 25.5. The second-order valence-corrected chi connectivity index (χ2v) is 9.90. The van der Waals surface area contributed by atoms with Crippen molar-refractivity contribution in [2.45, 2.75) is 76.8 Å². The van der Waals surface area contributed by atoms with E-state index in [4.69, 9.17) is 19.7 Å². The van der Waals surface area contributed by atoms with Crippen LogP contribution in [0, 0.1) is 23.7 Å². The Bertz CT molecular complexity index is 1060. The van der Waals surface area contributed by atoms with Crippen LogP contribution in [0.3, 0.4) is 0 Å². The molecule has 2 N–H and O–H groups in total. The van der Waals surface area contributed by atoms with E-state index in [0.29, 0.717) is 5.56 Å². The van der Waals surface area contributed by atoms with Crippen molar-refractivity contribution >= 4 is 11.9 Å². The molecule has 2 aromatic carbocycles. The van der Waals surface area contributed by atoms with Gasteiger partial charge < -0.3 is 19.7 Å². The van der Waals surface area contributed by atoms with Crippen LogP contribution in [0.1, 0.15) is 80.4 Å². The van der Waals surface area contributed by atoms with E-state index in [1.165, 1.54) is 50.5 Å². The molecular formula is C30H34O6. The average molecular weight is 491 g/mol. The van der Waals surface area contributed by atoms with Crippen molar-refractivity contribution in [1.29, 1.82) is 0 Å². The predicted molar refractivity (Wildman–Crippen MR) is 135 cm³/mol. The van der Waals surface area contributed by atoms with Gasteiger partial charge >= 0.3 is 11.9 Å². The smallest absolute Gasteiger partial charge is 0.336 e. The highest BCUT2D eigenvalue weighted by molar-refractivity contribution is 5.84. The molecule has 1 saturated heterocycles. The Morgan fingerprint density at radius 2 is 1.25 bits per heavy atom. The first-order valence-corrected chi connectivity index (χ1v) is 12.9. The van der Waals surface area contributed by atoms with E-state index in [-0.39, 0.29) is 0 Å². The molecule has 0 amide bonds. The molecule has 4 rings (SSSR count). The summed E-state index contributed by atoms with van der Waals surface area (Å²) in [6.45, 7) is 2.29. The van der Waals surface area contributed by atoms with Gasteiger partial charge in [-0.05, 0) is 54.5 Å². The van der Waals surface area contributed by atoms with E-state index in [9.17, 15) is 9.59 Å². The first kappa shape index (κ1) is 25.9. The summed E-state index contributed by atoms with van der Waals surface area (Å²) >= 11 is 0. The summed E-state index contributed by atoms with van der Waals surface area (Å²) in [5.41, 5.74) is 3.62. The molecule has 0 radical (unpaired) electrons. The lowest BCUT2D eigenvalue weighted by Crippen LogP contribution is -2.36. The third kappa shape index (κ3) is 6.75. The zero-order valence-corrected chi connectivity index (χ0v) is 20.7. The minimum atomic E-state index is -1.55. The number of ether oxygens (including phenoxy) is 2. The van der Waals surface area contributed by atoms with Crippen LogP contribution in [0.4, 0.5) is 0 Å². The molecule has 190 valence electrons. The Kier molecular flexibility index (Phi) is 8.79. The Balaban J connectivity index is 1.28. The van der Waals surface area contributed by atoms with Gasteiger partial charge in [0.25, 0.3) is 0 Å². The van der Waals surface area contributed by atoms with Gasteiger partial charge in [0.15, 0.2) is 18.5 Å². The third-order valence-corrected chi connectivity index (χ3v) is 7.29. The third-order valence-electron chi connectivity index (χ3n) is 7.29. The number of hydrogen-bond acceptors (Lipinski definition) is 4. The van der Waals surface area contributed by atoms with Gasteiger partial charge in [0, 0.05) is 16.7 Å². The molecule has 0 unspecified atom stereocenters. The summed E-state index contributed by atoms with van der Waals surface area (Å²) in [5.74, 6) is 5.39. The predicted octanol–water partition coefficient (Wildman–Crippen LogP) is 5.58. The van der Waals surface area contributed by atoms with E-state index >= 15 is 0 Å². The quantitative estimate of drug-likeness (QED) is 0.470. The van der Waals surface area contributed by atoms with Crippen molar-refractivity contribution in [2.24, 2.45) is 11.8 Å². The van der Waals surface area contributed by atoms with Gasteiger partial charge in [-0.1, -0.05) is 81.6 Å². The number of carbonyl (C=O) groups is 2. The van der Waals surface area contributed by atoms with Crippen LogP contribution < -0.4 is 0 Å². The fraction of sp³-hybridized carbons (Fsp3) is 0.467. The highest BCUT2D eigenvalue weighted by Gasteiger charge is 2.46. The number of aliphatic carboxylic acids is 2. The summed E-state index contributed by atoms with van der Waals surface area (Å²) in [5, 5.41) is 18.3. The molecule has 1 heterocycles. The molecule has 2 atom stereocenters. The first-order valence-electron chi connectivity index (χ1n) is 12.9. The molecule has 2 aromatic rings. The molecule has 0 aromatic heterocycles. The van der Waals surface area contributed by atoms with E-state index < -0.39 is 30.4 Å². The van der Waals surface area contributed by atoms with Crippen LogP contribution in [-0.2, 0) is 25.5 Å². The normalized spacial score (nSPS) is 24.1. The van der Waals surface area contributed by atoms with E-state index in [1.807, 2.05) is 0 Å². The van der Waals surface area contributed by atoms with E-state index in [2.05, 4.69) is 43.0 Å². The first-order chi connectivity index (χ1) is 17.4. The van der Waals surface area contributed by atoms with Crippen molar-refractivity contribution in [1.82, 2.24) is 0 Å². The molecular weight excluding hydrogens is 456 g/mol. The number of carboxylic acids is 2. The SMILES string of the molecule is CCC[C@H]1CC[C@H](CCc2ccc(C#Cc3ccc(C4O[C@@H](C(=O)O)[C@H](C(=O)O)O4)cc3)cc2)CC1. The molecule has 1 aliphatic carbocycles. The Morgan fingerprint density at radius 1 is 0.778 bits per heavy atom. The number of carboxylic acid groups (broad SMARTS) is 2. The van der Waals surface area contributed by atoms with Gasteiger partial charge in [-0.2, -0.15) is 0 Å². The molecule has 6 heteroatoms. The highest BCUT2D eigenvalue weighted by Crippen LogP contribution is 2.34. The van der Waals surface area contributed by atoms with Gasteiger partial charge in [0.05, 0.1) is 0 Å². The molecule has 6 nitrogen and oxygen atoms in total. The summed E-state index contributed by atoms with van der Waals surface area (Å²) < 4.78 is 10.6. The van der Waals surface area contributed by atoms with Crippen molar-refractivity contribution in [2.75, 3.05) is 0 Å². The van der Waals surface area contributed by atoms with Crippen molar-refractivity contribution < 1.29 is 29.3 Å². The van der Waals surface area contributed by atoms with Crippen LogP contribution in [-0.4, -0.2) is 34.4 Å². The molecule has 36 heavy (non-hydrogen) atoms. The molecule has 2 aliphatic rings. The maximum atomic E-state index is 11.2. The number of rotatable bonds is 8. The second-order valence-electron chi connectivity index (χ2n) is 9.90. The zero-order valence-electron chi connectivity index (χ0n) is 20.7. The lowest BCUT2D eigenvalue weighted by molar-refractivity contribution is -0.156. The van der Waals surface area contributed by atoms with Crippen molar-refractivity contribution in [3.63, 3.8) is 0 Å². The molecule has 1 aliphatic heterocycles. The largest absolute Gasteiger partial charge is 0.479 e. The Morgan fingerprint density at radius 3 is 1.72 bits per heavy atom. The van der Waals surface area contributed by atoms with Crippen molar-refractivity contribution in [3.05, 3.63) is 70.8 Å². The fourth-order valence-corrected chi connectivity index (χ4v) is 5.18. The van der Waals surface area contributed by atoms with E-state index in [0.717, 1.165) is 29.4 Å². The summed E-state index contributed by atoms with van der Waals surface area (Å²) in [4.78, 5) is 22.5. The fourth-order valence-electron chi connectivity index (χ4n) is 5.18. The molecule has 2 fully saturated rings. The summed E-state index contributed by atoms with van der Waals surface area (Å²) in [6, 6.07) is 15.4. The monoisotopic (exact) mass is 490 g/mol. The second kappa shape index (κ2) is 12.2. The Hall–Kier alpha value is -3.14. The maximum absolute atomic E-state index is 11.2. The lowest BCUT2D eigenvalue weighted by Gasteiger charge is -2.28.